The minimum absolute atomic E-state index is 0.0285. The van der Waals surface area contributed by atoms with Crippen LogP contribution in [0.5, 0.6) is 0 Å². The molecule has 3 rings (SSSR count). The highest BCUT2D eigenvalue weighted by atomic mass is 16.3. The quantitative estimate of drug-likeness (QED) is 0.787. The molecule has 2 unspecified atom stereocenters. The Labute approximate surface area is 125 Å². The normalized spacial score (nSPS) is 23.6. The van der Waals surface area contributed by atoms with Gasteiger partial charge in [-0.05, 0) is 36.3 Å². The number of aliphatic hydroxyl groups is 1. The topological polar surface area (TPSA) is 61.4 Å². The molecule has 0 spiro atoms. The Morgan fingerprint density at radius 3 is 2.90 bits per heavy atom. The van der Waals surface area contributed by atoms with Crippen molar-refractivity contribution in [1.29, 1.82) is 0 Å². The molecule has 1 aliphatic heterocycles. The van der Waals surface area contributed by atoms with Crippen LogP contribution in [0.2, 0.25) is 0 Å². The fraction of sp³-hybridized carbons (Fsp3) is 0.588. The standard InChI is InChI=1S/C17H24N2O2/c20-15(13-6-1-2-7-13)11-19-17(21)16-14-8-4-3-5-12(14)9-10-18-16/h3-5,8,13,15-16,18,20H,1-2,6-7,9-11H2,(H,19,21). The van der Waals surface area contributed by atoms with E-state index in [1.807, 2.05) is 18.2 Å². The molecular weight excluding hydrogens is 264 g/mol. The molecule has 4 heteroatoms. The molecule has 0 aromatic heterocycles. The fourth-order valence-corrected chi connectivity index (χ4v) is 3.55. The van der Waals surface area contributed by atoms with Crippen LogP contribution in [0.15, 0.2) is 24.3 Å². The lowest BCUT2D eigenvalue weighted by molar-refractivity contribution is -0.124. The van der Waals surface area contributed by atoms with Crippen molar-refractivity contribution in [3.63, 3.8) is 0 Å². The maximum atomic E-state index is 12.4. The van der Waals surface area contributed by atoms with E-state index >= 15 is 0 Å². The first-order valence-corrected chi connectivity index (χ1v) is 8.02. The van der Waals surface area contributed by atoms with Crippen LogP contribution in [0.4, 0.5) is 0 Å². The molecular formula is C17H24N2O2. The molecule has 2 atom stereocenters. The predicted molar refractivity (Wildman–Crippen MR) is 81.9 cm³/mol. The summed E-state index contributed by atoms with van der Waals surface area (Å²) in [5.41, 5.74) is 2.31. The lowest BCUT2D eigenvalue weighted by Crippen LogP contribution is -2.44. The molecule has 1 saturated carbocycles. The minimum atomic E-state index is -0.407. The van der Waals surface area contributed by atoms with E-state index < -0.39 is 6.10 Å². The monoisotopic (exact) mass is 288 g/mol. The van der Waals surface area contributed by atoms with E-state index in [2.05, 4.69) is 16.7 Å². The number of aliphatic hydroxyl groups excluding tert-OH is 1. The Morgan fingerprint density at radius 1 is 1.33 bits per heavy atom. The number of benzene rings is 1. The first-order valence-electron chi connectivity index (χ1n) is 8.02. The Hall–Kier alpha value is -1.39. The summed E-state index contributed by atoms with van der Waals surface area (Å²) in [5, 5.41) is 16.3. The van der Waals surface area contributed by atoms with Crippen molar-refractivity contribution in [1.82, 2.24) is 10.6 Å². The summed E-state index contributed by atoms with van der Waals surface area (Å²) in [7, 11) is 0. The highest BCUT2D eigenvalue weighted by Gasteiger charge is 2.28. The Bertz CT molecular complexity index is 497. The maximum Gasteiger partial charge on any atom is 0.241 e. The minimum Gasteiger partial charge on any atom is -0.391 e. The van der Waals surface area contributed by atoms with Crippen molar-refractivity contribution < 1.29 is 9.90 Å². The second kappa shape index (κ2) is 6.58. The summed E-state index contributed by atoms with van der Waals surface area (Å²) in [6.07, 6.45) is 5.13. The van der Waals surface area contributed by atoms with Crippen molar-refractivity contribution in [3.05, 3.63) is 35.4 Å². The van der Waals surface area contributed by atoms with Gasteiger partial charge in [-0.25, -0.2) is 0 Å². The van der Waals surface area contributed by atoms with Crippen molar-refractivity contribution in [2.45, 2.75) is 44.2 Å². The van der Waals surface area contributed by atoms with Gasteiger partial charge >= 0.3 is 0 Å². The summed E-state index contributed by atoms with van der Waals surface area (Å²) in [4.78, 5) is 12.4. The largest absolute Gasteiger partial charge is 0.391 e. The lowest BCUT2D eigenvalue weighted by Gasteiger charge is -2.27. The smallest absolute Gasteiger partial charge is 0.241 e. The van der Waals surface area contributed by atoms with Gasteiger partial charge in [-0.1, -0.05) is 37.1 Å². The van der Waals surface area contributed by atoms with Gasteiger partial charge in [0.15, 0.2) is 0 Å². The van der Waals surface area contributed by atoms with Crippen LogP contribution in [0.1, 0.15) is 42.9 Å². The highest BCUT2D eigenvalue weighted by molar-refractivity contribution is 5.83. The summed E-state index contributed by atoms with van der Waals surface area (Å²) in [5.74, 6) is 0.330. The molecule has 21 heavy (non-hydrogen) atoms. The van der Waals surface area contributed by atoms with Gasteiger partial charge < -0.3 is 15.7 Å². The number of nitrogens with one attached hydrogen (secondary N) is 2. The molecule has 4 nitrogen and oxygen atoms in total. The zero-order valence-electron chi connectivity index (χ0n) is 12.3. The van der Waals surface area contributed by atoms with E-state index in [9.17, 15) is 9.90 Å². The third-order valence-electron chi connectivity index (χ3n) is 4.80. The number of carbonyl (C=O) groups excluding carboxylic acids is 1. The van der Waals surface area contributed by atoms with Gasteiger partial charge in [0.25, 0.3) is 0 Å². The van der Waals surface area contributed by atoms with Crippen LogP contribution in [-0.4, -0.2) is 30.2 Å². The summed E-state index contributed by atoms with van der Waals surface area (Å²) < 4.78 is 0. The van der Waals surface area contributed by atoms with Crippen molar-refractivity contribution in [2.75, 3.05) is 13.1 Å². The Morgan fingerprint density at radius 2 is 2.10 bits per heavy atom. The third kappa shape index (κ3) is 3.27. The first kappa shape index (κ1) is 14.5. The Kier molecular flexibility index (Phi) is 4.56. The molecule has 1 aliphatic carbocycles. The highest BCUT2D eigenvalue weighted by Crippen LogP contribution is 2.27. The third-order valence-corrected chi connectivity index (χ3v) is 4.80. The van der Waals surface area contributed by atoms with Crippen LogP contribution in [0, 0.1) is 5.92 Å². The van der Waals surface area contributed by atoms with Crippen LogP contribution in [0.3, 0.4) is 0 Å². The van der Waals surface area contributed by atoms with Gasteiger partial charge in [0.1, 0.15) is 6.04 Å². The van der Waals surface area contributed by atoms with Gasteiger partial charge in [0, 0.05) is 13.1 Å². The second-order valence-electron chi connectivity index (χ2n) is 6.19. The molecule has 0 radical (unpaired) electrons. The zero-order valence-corrected chi connectivity index (χ0v) is 12.3. The van der Waals surface area contributed by atoms with Crippen LogP contribution in [0.25, 0.3) is 0 Å². The second-order valence-corrected chi connectivity index (χ2v) is 6.19. The van der Waals surface area contributed by atoms with E-state index in [-0.39, 0.29) is 11.9 Å². The Balaban J connectivity index is 1.58. The van der Waals surface area contributed by atoms with Crippen LogP contribution >= 0.6 is 0 Å². The number of amides is 1. The number of rotatable bonds is 4. The molecule has 0 bridgehead atoms. The number of carbonyl (C=O) groups is 1. The van der Waals surface area contributed by atoms with E-state index in [4.69, 9.17) is 0 Å². The lowest BCUT2D eigenvalue weighted by atomic mass is 9.93. The van der Waals surface area contributed by atoms with Crippen LogP contribution < -0.4 is 10.6 Å². The average Bonchev–Trinajstić information content (AvgIpc) is 3.06. The van der Waals surface area contributed by atoms with Crippen LogP contribution in [-0.2, 0) is 11.2 Å². The average molecular weight is 288 g/mol. The van der Waals surface area contributed by atoms with Gasteiger partial charge in [0.05, 0.1) is 6.10 Å². The summed E-state index contributed by atoms with van der Waals surface area (Å²) in [6, 6.07) is 7.80. The van der Waals surface area contributed by atoms with Gasteiger partial charge in [0.2, 0.25) is 5.91 Å². The van der Waals surface area contributed by atoms with E-state index in [0.717, 1.165) is 31.4 Å². The van der Waals surface area contributed by atoms with E-state index in [0.29, 0.717) is 12.5 Å². The molecule has 1 amide bonds. The molecule has 1 fully saturated rings. The summed E-state index contributed by atoms with van der Waals surface area (Å²) >= 11 is 0. The molecule has 2 aliphatic rings. The first-order chi connectivity index (χ1) is 10.3. The molecule has 114 valence electrons. The molecule has 3 N–H and O–H groups in total. The van der Waals surface area contributed by atoms with Gasteiger partial charge in [-0.2, -0.15) is 0 Å². The molecule has 1 heterocycles. The van der Waals surface area contributed by atoms with Crippen molar-refractivity contribution >= 4 is 5.91 Å². The number of fused-ring (bicyclic) bond motifs is 1. The molecule has 0 saturated heterocycles. The molecule has 1 aromatic carbocycles. The molecule has 1 aromatic rings. The maximum absolute atomic E-state index is 12.4. The van der Waals surface area contributed by atoms with Gasteiger partial charge in [-0.15, -0.1) is 0 Å². The predicted octanol–water partition coefficient (Wildman–Crippen LogP) is 1.54. The number of hydrogen-bond acceptors (Lipinski definition) is 3. The summed E-state index contributed by atoms with van der Waals surface area (Å²) in [6.45, 7) is 1.18. The zero-order chi connectivity index (χ0) is 14.7. The SMILES string of the molecule is O=C(NCC(O)C1CCCC1)C1NCCc2ccccc21. The van der Waals surface area contributed by atoms with Crippen molar-refractivity contribution in [2.24, 2.45) is 5.92 Å². The van der Waals surface area contributed by atoms with Crippen molar-refractivity contribution in [3.8, 4) is 0 Å². The van der Waals surface area contributed by atoms with E-state index in [1.54, 1.807) is 0 Å². The van der Waals surface area contributed by atoms with Gasteiger partial charge in [-0.3, -0.25) is 4.79 Å². The van der Waals surface area contributed by atoms with E-state index in [1.165, 1.54) is 18.4 Å². The number of hydrogen-bond donors (Lipinski definition) is 3. The fourth-order valence-electron chi connectivity index (χ4n) is 3.55.